The van der Waals surface area contributed by atoms with Crippen molar-refractivity contribution < 1.29 is 9.59 Å². The van der Waals surface area contributed by atoms with Gasteiger partial charge in [0.1, 0.15) is 0 Å². The van der Waals surface area contributed by atoms with Crippen LogP contribution in [-0.4, -0.2) is 37.9 Å². The summed E-state index contributed by atoms with van der Waals surface area (Å²) in [6.07, 6.45) is 5.18. The number of hydrogen-bond acceptors (Lipinski definition) is 4. The Morgan fingerprint density at radius 1 is 1.44 bits per heavy atom. The highest BCUT2D eigenvalue weighted by atomic mass is 32.2. The predicted molar refractivity (Wildman–Crippen MR) is 67.5 cm³/mol. The molecular formula is C10H17N3O2S. The van der Waals surface area contributed by atoms with Gasteiger partial charge in [0.2, 0.25) is 5.91 Å². The van der Waals surface area contributed by atoms with Crippen molar-refractivity contribution in [2.24, 2.45) is 4.99 Å². The highest BCUT2D eigenvalue weighted by Crippen LogP contribution is 2.11. The second-order valence-electron chi connectivity index (χ2n) is 2.78. The van der Waals surface area contributed by atoms with Gasteiger partial charge in [0, 0.05) is 32.4 Å². The third-order valence-corrected chi connectivity index (χ3v) is 2.43. The van der Waals surface area contributed by atoms with Gasteiger partial charge in [-0.25, -0.2) is 0 Å². The van der Waals surface area contributed by atoms with E-state index in [2.05, 4.69) is 15.6 Å². The Morgan fingerprint density at radius 3 is 2.62 bits per heavy atom. The van der Waals surface area contributed by atoms with Crippen molar-refractivity contribution >= 4 is 29.8 Å². The van der Waals surface area contributed by atoms with Crippen molar-refractivity contribution in [2.45, 2.75) is 13.3 Å². The Morgan fingerprint density at radius 2 is 2.12 bits per heavy atom. The van der Waals surface area contributed by atoms with Crippen LogP contribution in [0.15, 0.2) is 16.1 Å². The first-order valence-corrected chi connectivity index (χ1v) is 6.08. The number of rotatable bonds is 6. The van der Waals surface area contributed by atoms with Crippen molar-refractivity contribution in [3.8, 4) is 0 Å². The number of hydrogen-bond donors (Lipinski definition) is 2. The summed E-state index contributed by atoms with van der Waals surface area (Å²) in [5.74, 6) is -0.302. The minimum Gasteiger partial charge on any atom is -0.359 e. The number of amides is 2. The maximum Gasteiger partial charge on any atom is 0.259 e. The van der Waals surface area contributed by atoms with E-state index in [9.17, 15) is 9.59 Å². The zero-order valence-electron chi connectivity index (χ0n) is 9.74. The lowest BCUT2D eigenvalue weighted by Crippen LogP contribution is -2.29. The first-order valence-electron chi connectivity index (χ1n) is 4.86. The van der Waals surface area contributed by atoms with Gasteiger partial charge in [0.25, 0.3) is 5.91 Å². The highest BCUT2D eigenvalue weighted by Gasteiger charge is 2.07. The first-order chi connectivity index (χ1) is 7.65. The summed E-state index contributed by atoms with van der Waals surface area (Å²) in [4.78, 5) is 26.8. The largest absolute Gasteiger partial charge is 0.359 e. The molecule has 0 saturated heterocycles. The summed E-state index contributed by atoms with van der Waals surface area (Å²) in [6, 6.07) is 0. The second-order valence-corrected chi connectivity index (χ2v) is 3.63. The molecule has 0 bridgehead atoms. The van der Waals surface area contributed by atoms with E-state index in [0.29, 0.717) is 11.4 Å². The van der Waals surface area contributed by atoms with Crippen LogP contribution < -0.4 is 10.6 Å². The average molecular weight is 243 g/mol. The molecule has 0 fully saturated rings. The molecule has 0 radical (unpaired) electrons. The van der Waals surface area contributed by atoms with Gasteiger partial charge in [-0.1, -0.05) is 0 Å². The van der Waals surface area contributed by atoms with Crippen molar-refractivity contribution in [2.75, 3.05) is 19.8 Å². The van der Waals surface area contributed by atoms with Crippen molar-refractivity contribution in [3.05, 3.63) is 11.1 Å². The number of thioether (sulfide) groups is 1. The summed E-state index contributed by atoms with van der Waals surface area (Å²) >= 11 is 1.32. The maximum absolute atomic E-state index is 11.5. The Balaban J connectivity index is 4.08. The molecule has 0 aromatic heterocycles. The maximum atomic E-state index is 11.5. The zero-order chi connectivity index (χ0) is 12.4. The van der Waals surface area contributed by atoms with Crippen LogP contribution in [0.5, 0.6) is 0 Å². The van der Waals surface area contributed by atoms with Crippen LogP contribution in [0.1, 0.15) is 13.3 Å². The van der Waals surface area contributed by atoms with Crippen LogP contribution in [0, 0.1) is 0 Å². The van der Waals surface area contributed by atoms with Gasteiger partial charge in [-0.2, -0.15) is 0 Å². The summed E-state index contributed by atoms with van der Waals surface area (Å²) in [6.45, 7) is 2.10. The fraction of sp³-hybridized carbons (Fsp3) is 0.500. The third-order valence-electron chi connectivity index (χ3n) is 1.70. The minimum atomic E-state index is -0.206. The molecule has 0 spiro atoms. The summed E-state index contributed by atoms with van der Waals surface area (Å²) in [5.41, 5.74) is 0. The van der Waals surface area contributed by atoms with Gasteiger partial charge in [0.05, 0.1) is 4.91 Å². The molecule has 90 valence electrons. The Hall–Kier alpha value is -1.30. The molecule has 0 aliphatic heterocycles. The number of nitrogens with one attached hydrogen (secondary N) is 2. The quantitative estimate of drug-likeness (QED) is 0.528. The van der Waals surface area contributed by atoms with Crippen LogP contribution in [-0.2, 0) is 9.59 Å². The SMILES string of the molecule is CC=N/C=C(\SC)C(=O)NCCC(=O)NC. The van der Waals surface area contributed by atoms with E-state index in [-0.39, 0.29) is 18.2 Å². The molecule has 5 nitrogen and oxygen atoms in total. The monoisotopic (exact) mass is 243 g/mol. The number of aliphatic imine (C=N–C) groups is 1. The number of nitrogens with zero attached hydrogens (tertiary/aromatic N) is 1. The molecular weight excluding hydrogens is 226 g/mol. The Bertz CT molecular complexity index is 300. The van der Waals surface area contributed by atoms with Crippen LogP contribution >= 0.6 is 11.8 Å². The van der Waals surface area contributed by atoms with Crippen LogP contribution in [0.3, 0.4) is 0 Å². The topological polar surface area (TPSA) is 70.6 Å². The smallest absolute Gasteiger partial charge is 0.259 e. The van der Waals surface area contributed by atoms with Gasteiger partial charge in [0.15, 0.2) is 0 Å². The molecule has 2 N–H and O–H groups in total. The van der Waals surface area contributed by atoms with Gasteiger partial charge in [-0.05, 0) is 13.2 Å². The van der Waals surface area contributed by atoms with Gasteiger partial charge in [-0.15, -0.1) is 11.8 Å². The van der Waals surface area contributed by atoms with Crippen LogP contribution in [0.2, 0.25) is 0 Å². The molecule has 6 heteroatoms. The molecule has 0 rings (SSSR count). The van der Waals surface area contributed by atoms with E-state index in [0.717, 1.165) is 0 Å². The normalized spacial score (nSPS) is 11.6. The lowest BCUT2D eigenvalue weighted by molar-refractivity contribution is -0.120. The summed E-state index contributed by atoms with van der Waals surface area (Å²) in [7, 11) is 1.56. The van der Waals surface area contributed by atoms with Crippen molar-refractivity contribution in [1.29, 1.82) is 0 Å². The van der Waals surface area contributed by atoms with Crippen molar-refractivity contribution in [3.63, 3.8) is 0 Å². The molecule has 0 heterocycles. The highest BCUT2D eigenvalue weighted by molar-refractivity contribution is 8.03. The van der Waals surface area contributed by atoms with E-state index in [1.165, 1.54) is 18.0 Å². The fourth-order valence-electron chi connectivity index (χ4n) is 0.848. The standard InChI is InChI=1S/C10H17N3O2S/c1-4-12-7-8(16-3)10(15)13-6-5-9(14)11-2/h4,7H,5-6H2,1-3H3,(H,11,14)(H,13,15)/b8-7-,12-4?. The average Bonchev–Trinajstić information content (AvgIpc) is 2.29. The molecule has 0 aliphatic rings. The van der Waals surface area contributed by atoms with Gasteiger partial charge in [-0.3, -0.25) is 14.6 Å². The molecule has 0 unspecified atom stereocenters. The molecule has 0 saturated carbocycles. The third kappa shape index (κ3) is 6.23. The van der Waals surface area contributed by atoms with E-state index >= 15 is 0 Å². The minimum absolute atomic E-state index is 0.0958. The second kappa shape index (κ2) is 8.96. The summed E-state index contributed by atoms with van der Waals surface area (Å²) < 4.78 is 0. The van der Waals surface area contributed by atoms with E-state index < -0.39 is 0 Å². The summed E-state index contributed by atoms with van der Waals surface area (Å²) in [5, 5.41) is 5.13. The van der Waals surface area contributed by atoms with Gasteiger partial charge >= 0.3 is 0 Å². The lowest BCUT2D eigenvalue weighted by atomic mass is 10.4. The van der Waals surface area contributed by atoms with Gasteiger partial charge < -0.3 is 10.6 Å². The molecule has 0 atom stereocenters. The Labute approximate surface area is 99.8 Å². The number of carbonyl (C=O) groups is 2. The van der Waals surface area contributed by atoms with Crippen LogP contribution in [0.4, 0.5) is 0 Å². The molecule has 0 aromatic carbocycles. The molecule has 0 aromatic rings. The first kappa shape index (κ1) is 14.7. The predicted octanol–water partition coefficient (Wildman–Crippen LogP) is 0.534. The van der Waals surface area contributed by atoms with E-state index in [4.69, 9.17) is 0 Å². The molecule has 0 aliphatic carbocycles. The Kier molecular flexibility index (Phi) is 8.24. The lowest BCUT2D eigenvalue weighted by Gasteiger charge is -2.05. The molecule has 16 heavy (non-hydrogen) atoms. The van der Waals surface area contributed by atoms with E-state index in [1.807, 2.05) is 0 Å². The number of carbonyl (C=O) groups excluding carboxylic acids is 2. The fourth-order valence-corrected chi connectivity index (χ4v) is 1.27. The van der Waals surface area contributed by atoms with E-state index in [1.54, 1.807) is 26.4 Å². The molecule has 2 amide bonds. The zero-order valence-corrected chi connectivity index (χ0v) is 10.6. The van der Waals surface area contributed by atoms with Crippen LogP contribution in [0.25, 0.3) is 0 Å². The van der Waals surface area contributed by atoms with Crippen molar-refractivity contribution in [1.82, 2.24) is 10.6 Å².